The Morgan fingerprint density at radius 1 is 1.00 bits per heavy atom. The number of hydrogen-bond acceptors (Lipinski definition) is 4. The number of piperidine rings is 1. The van der Waals surface area contributed by atoms with Crippen LogP contribution in [-0.2, 0) is 11.2 Å². The maximum atomic E-state index is 13.4. The number of fused-ring (bicyclic) bond motifs is 1. The van der Waals surface area contributed by atoms with Crippen LogP contribution in [0.1, 0.15) is 42.1 Å². The SMILES string of the molecule is CC1Oc2ccc(NC(=O)c3ccc(-c4ccccc4)cc3CCN3CCCCC3)cc2NC1=O.Cl. The van der Waals surface area contributed by atoms with Crippen LogP contribution in [0.2, 0.25) is 0 Å². The molecule has 2 N–H and O–H groups in total. The summed E-state index contributed by atoms with van der Waals surface area (Å²) >= 11 is 0. The molecule has 0 radical (unpaired) electrons. The predicted octanol–water partition coefficient (Wildman–Crippen LogP) is 5.78. The molecule has 0 bridgehead atoms. The topological polar surface area (TPSA) is 70.7 Å². The van der Waals surface area contributed by atoms with Gasteiger partial charge in [0, 0.05) is 17.8 Å². The van der Waals surface area contributed by atoms with Crippen molar-refractivity contribution in [1.82, 2.24) is 4.90 Å². The van der Waals surface area contributed by atoms with Gasteiger partial charge in [0.2, 0.25) is 0 Å². The standard InChI is InChI=1S/C29H31N3O3.ClH/c1-20-28(33)31-26-19-24(11-13-27(26)35-20)30-29(34)25-12-10-22(21-8-4-2-5-9-21)18-23(25)14-17-32-15-6-3-7-16-32;/h2,4-5,8-13,18-20H,3,6-7,14-17H2,1H3,(H,30,34)(H,31,33);1H. The molecule has 0 spiro atoms. The zero-order valence-corrected chi connectivity index (χ0v) is 21.3. The molecule has 188 valence electrons. The van der Waals surface area contributed by atoms with Gasteiger partial charge in [0.05, 0.1) is 5.69 Å². The minimum atomic E-state index is -0.534. The van der Waals surface area contributed by atoms with Gasteiger partial charge in [-0.3, -0.25) is 9.59 Å². The van der Waals surface area contributed by atoms with E-state index in [2.05, 4.69) is 33.7 Å². The number of rotatable bonds is 6. The van der Waals surface area contributed by atoms with Crippen LogP contribution in [0.4, 0.5) is 11.4 Å². The second-order valence-corrected chi connectivity index (χ2v) is 9.30. The molecule has 0 aromatic heterocycles. The summed E-state index contributed by atoms with van der Waals surface area (Å²) in [7, 11) is 0. The van der Waals surface area contributed by atoms with E-state index in [0.717, 1.165) is 42.7 Å². The highest BCUT2D eigenvalue weighted by molar-refractivity contribution is 6.06. The fourth-order valence-electron chi connectivity index (χ4n) is 4.78. The number of hydrogen-bond donors (Lipinski definition) is 2. The lowest BCUT2D eigenvalue weighted by molar-refractivity contribution is -0.122. The molecule has 3 aromatic carbocycles. The molecule has 1 saturated heterocycles. The van der Waals surface area contributed by atoms with Crippen LogP contribution >= 0.6 is 12.4 Å². The number of carbonyl (C=O) groups is 2. The van der Waals surface area contributed by atoms with E-state index in [0.29, 0.717) is 22.7 Å². The largest absolute Gasteiger partial charge is 0.479 e. The Morgan fingerprint density at radius 3 is 2.56 bits per heavy atom. The average molecular weight is 506 g/mol. The number of benzene rings is 3. The Kier molecular flexibility index (Phi) is 8.28. The Labute approximate surface area is 218 Å². The molecule has 3 aromatic rings. The van der Waals surface area contributed by atoms with Gasteiger partial charge in [-0.2, -0.15) is 0 Å². The number of ether oxygens (including phenoxy) is 1. The first-order chi connectivity index (χ1) is 17.1. The van der Waals surface area contributed by atoms with Crippen molar-refractivity contribution in [3.05, 3.63) is 77.9 Å². The van der Waals surface area contributed by atoms with E-state index in [1.807, 2.05) is 30.3 Å². The summed E-state index contributed by atoms with van der Waals surface area (Å²) in [6.45, 7) is 4.90. The van der Waals surface area contributed by atoms with Crippen molar-refractivity contribution in [2.45, 2.75) is 38.7 Å². The van der Waals surface area contributed by atoms with Crippen LogP contribution in [-0.4, -0.2) is 42.5 Å². The van der Waals surface area contributed by atoms with Crippen molar-refractivity contribution >= 4 is 35.6 Å². The van der Waals surface area contributed by atoms with Gasteiger partial charge in [0.15, 0.2) is 6.10 Å². The van der Waals surface area contributed by atoms with Gasteiger partial charge < -0.3 is 20.3 Å². The molecule has 0 aliphatic carbocycles. The molecule has 2 aliphatic heterocycles. The number of likely N-dealkylation sites (tertiary alicyclic amines) is 1. The Morgan fingerprint density at radius 2 is 1.78 bits per heavy atom. The summed E-state index contributed by atoms with van der Waals surface area (Å²) in [5.41, 5.74) is 5.14. The minimum absolute atomic E-state index is 0. The summed E-state index contributed by atoms with van der Waals surface area (Å²) in [6, 6.07) is 21.6. The van der Waals surface area contributed by atoms with E-state index >= 15 is 0 Å². The third kappa shape index (κ3) is 5.89. The fraction of sp³-hybridized carbons (Fsp3) is 0.310. The molecule has 1 atom stereocenters. The van der Waals surface area contributed by atoms with Crippen molar-refractivity contribution in [1.29, 1.82) is 0 Å². The van der Waals surface area contributed by atoms with E-state index in [1.165, 1.54) is 19.3 Å². The number of nitrogens with one attached hydrogen (secondary N) is 2. The van der Waals surface area contributed by atoms with E-state index in [9.17, 15) is 9.59 Å². The minimum Gasteiger partial charge on any atom is -0.479 e. The van der Waals surface area contributed by atoms with Crippen LogP contribution < -0.4 is 15.4 Å². The Bertz CT molecular complexity index is 1230. The van der Waals surface area contributed by atoms with Crippen LogP contribution in [0.5, 0.6) is 5.75 Å². The van der Waals surface area contributed by atoms with Crippen LogP contribution in [0, 0.1) is 0 Å². The molecule has 1 unspecified atom stereocenters. The van der Waals surface area contributed by atoms with Gasteiger partial charge in [0.1, 0.15) is 5.75 Å². The maximum Gasteiger partial charge on any atom is 0.265 e. The lowest BCUT2D eigenvalue weighted by Crippen LogP contribution is -2.34. The molecule has 6 nitrogen and oxygen atoms in total. The lowest BCUT2D eigenvalue weighted by atomic mass is 9.96. The number of halogens is 1. The van der Waals surface area contributed by atoms with Gasteiger partial charge in [-0.15, -0.1) is 12.4 Å². The van der Waals surface area contributed by atoms with Gasteiger partial charge in [-0.05, 0) is 80.2 Å². The Balaban J connectivity index is 0.00000304. The number of anilines is 2. The van der Waals surface area contributed by atoms with Crippen molar-refractivity contribution in [2.75, 3.05) is 30.3 Å². The first-order valence-corrected chi connectivity index (χ1v) is 12.4. The number of amides is 2. The molecule has 0 saturated carbocycles. The normalized spacial score (nSPS) is 17.2. The predicted molar refractivity (Wildman–Crippen MR) is 146 cm³/mol. The van der Waals surface area contributed by atoms with E-state index in [1.54, 1.807) is 25.1 Å². The van der Waals surface area contributed by atoms with Crippen molar-refractivity contribution < 1.29 is 14.3 Å². The van der Waals surface area contributed by atoms with Gasteiger partial charge in [0.25, 0.3) is 11.8 Å². The molecule has 2 heterocycles. The maximum absolute atomic E-state index is 13.4. The molecular formula is C29H32ClN3O3. The molecule has 7 heteroatoms. The monoisotopic (exact) mass is 505 g/mol. The van der Waals surface area contributed by atoms with Gasteiger partial charge in [-0.25, -0.2) is 0 Å². The first-order valence-electron chi connectivity index (χ1n) is 12.4. The van der Waals surface area contributed by atoms with Gasteiger partial charge >= 0.3 is 0 Å². The third-order valence-electron chi connectivity index (χ3n) is 6.77. The van der Waals surface area contributed by atoms with Crippen molar-refractivity contribution in [3.8, 4) is 16.9 Å². The van der Waals surface area contributed by atoms with E-state index in [-0.39, 0.29) is 24.2 Å². The van der Waals surface area contributed by atoms with Crippen LogP contribution in [0.25, 0.3) is 11.1 Å². The highest BCUT2D eigenvalue weighted by atomic mass is 35.5. The smallest absolute Gasteiger partial charge is 0.265 e. The molecule has 36 heavy (non-hydrogen) atoms. The highest BCUT2D eigenvalue weighted by Crippen LogP contribution is 2.32. The van der Waals surface area contributed by atoms with Crippen LogP contribution in [0.3, 0.4) is 0 Å². The van der Waals surface area contributed by atoms with Gasteiger partial charge in [-0.1, -0.05) is 48.9 Å². The second kappa shape index (κ2) is 11.6. The Hall–Kier alpha value is -3.35. The number of nitrogens with zero attached hydrogens (tertiary/aromatic N) is 1. The third-order valence-corrected chi connectivity index (χ3v) is 6.77. The zero-order chi connectivity index (χ0) is 24.2. The molecule has 5 rings (SSSR count). The first kappa shape index (κ1) is 25.7. The van der Waals surface area contributed by atoms with E-state index in [4.69, 9.17) is 4.74 Å². The molecule has 2 amide bonds. The molecule has 2 aliphatic rings. The highest BCUT2D eigenvalue weighted by Gasteiger charge is 2.24. The lowest BCUT2D eigenvalue weighted by Gasteiger charge is -2.26. The summed E-state index contributed by atoms with van der Waals surface area (Å²) in [6.07, 6.45) is 4.08. The zero-order valence-electron chi connectivity index (χ0n) is 20.5. The quantitative estimate of drug-likeness (QED) is 0.446. The van der Waals surface area contributed by atoms with E-state index < -0.39 is 6.10 Å². The summed E-state index contributed by atoms with van der Waals surface area (Å²) in [5.74, 6) is 0.247. The van der Waals surface area contributed by atoms with Crippen molar-refractivity contribution in [3.63, 3.8) is 0 Å². The average Bonchev–Trinajstić information content (AvgIpc) is 2.89. The molecule has 1 fully saturated rings. The summed E-state index contributed by atoms with van der Waals surface area (Å²) in [4.78, 5) is 27.8. The fourth-order valence-corrected chi connectivity index (χ4v) is 4.78. The summed E-state index contributed by atoms with van der Waals surface area (Å²) in [5, 5.41) is 5.85. The molecular weight excluding hydrogens is 474 g/mol. The van der Waals surface area contributed by atoms with Crippen molar-refractivity contribution in [2.24, 2.45) is 0 Å². The van der Waals surface area contributed by atoms with Crippen LogP contribution in [0.15, 0.2) is 66.7 Å². The second-order valence-electron chi connectivity index (χ2n) is 9.30. The number of carbonyl (C=O) groups excluding carboxylic acids is 2. The summed E-state index contributed by atoms with van der Waals surface area (Å²) < 4.78 is 5.62.